The summed E-state index contributed by atoms with van der Waals surface area (Å²) in [6.07, 6.45) is -0.534. The van der Waals surface area contributed by atoms with Crippen molar-refractivity contribution in [3.63, 3.8) is 0 Å². The number of piperazine rings is 1. The van der Waals surface area contributed by atoms with Gasteiger partial charge in [-0.1, -0.05) is 12.1 Å². The second-order valence-corrected chi connectivity index (χ2v) is 5.29. The maximum absolute atomic E-state index is 11.9. The number of hydrogen-bond donors (Lipinski definition) is 2. The van der Waals surface area contributed by atoms with Gasteiger partial charge in [-0.25, -0.2) is 0 Å². The Balaban J connectivity index is 2.33. The number of imide groups is 1. The van der Waals surface area contributed by atoms with Gasteiger partial charge in [-0.2, -0.15) is 0 Å². The van der Waals surface area contributed by atoms with Crippen LogP contribution in [0.1, 0.15) is 32.4 Å². The Kier molecular flexibility index (Phi) is 3.32. The molecule has 1 fully saturated rings. The molecule has 1 saturated heterocycles. The molecule has 5 nitrogen and oxygen atoms in total. The van der Waals surface area contributed by atoms with Crippen molar-refractivity contribution in [1.82, 2.24) is 5.32 Å². The van der Waals surface area contributed by atoms with Crippen LogP contribution in [0.3, 0.4) is 0 Å². The Morgan fingerprint density at radius 2 is 1.84 bits per heavy atom. The zero-order valence-corrected chi connectivity index (χ0v) is 11.3. The van der Waals surface area contributed by atoms with Crippen LogP contribution in [0, 0.1) is 0 Å². The Hall–Kier alpha value is -1.88. The summed E-state index contributed by atoms with van der Waals surface area (Å²) >= 11 is 0. The molecular formula is C14H18N2O3. The number of anilines is 1. The van der Waals surface area contributed by atoms with Gasteiger partial charge in [0.1, 0.15) is 5.54 Å². The van der Waals surface area contributed by atoms with Gasteiger partial charge in [0.05, 0.1) is 12.6 Å². The Morgan fingerprint density at radius 3 is 2.37 bits per heavy atom. The fraction of sp³-hybridized carbons (Fsp3) is 0.429. The Labute approximate surface area is 112 Å². The number of aliphatic hydroxyl groups excluding tert-OH is 1. The van der Waals surface area contributed by atoms with Crippen LogP contribution in [-0.4, -0.2) is 29.0 Å². The second kappa shape index (κ2) is 4.66. The fourth-order valence-corrected chi connectivity index (χ4v) is 2.13. The standard InChI is InChI=1S/C14H18N2O3/c1-9(17)10-4-6-11(7-5-10)16-8-12(18)15-13(19)14(16,2)3/h4-7,9,17H,8H2,1-3H3,(H,15,18,19). The molecule has 1 atom stereocenters. The van der Waals surface area contributed by atoms with E-state index in [4.69, 9.17) is 0 Å². The van der Waals surface area contributed by atoms with Crippen LogP contribution in [0.2, 0.25) is 0 Å². The number of hydrogen-bond acceptors (Lipinski definition) is 4. The molecule has 1 heterocycles. The summed E-state index contributed by atoms with van der Waals surface area (Å²) in [5.74, 6) is -0.604. The molecule has 0 aromatic heterocycles. The third-order valence-electron chi connectivity index (χ3n) is 3.47. The molecule has 2 amide bonds. The van der Waals surface area contributed by atoms with Gasteiger partial charge in [-0.15, -0.1) is 0 Å². The van der Waals surface area contributed by atoms with Crippen LogP contribution in [-0.2, 0) is 9.59 Å². The molecule has 0 saturated carbocycles. The average molecular weight is 262 g/mol. The van der Waals surface area contributed by atoms with E-state index in [-0.39, 0.29) is 18.4 Å². The molecule has 0 radical (unpaired) electrons. The predicted molar refractivity (Wildman–Crippen MR) is 71.7 cm³/mol. The van der Waals surface area contributed by atoms with Gasteiger partial charge in [-0.3, -0.25) is 14.9 Å². The highest BCUT2D eigenvalue weighted by Gasteiger charge is 2.40. The van der Waals surface area contributed by atoms with Gasteiger partial charge < -0.3 is 10.0 Å². The number of rotatable bonds is 2. The third-order valence-corrected chi connectivity index (χ3v) is 3.47. The normalized spacial score (nSPS) is 20.1. The van der Waals surface area contributed by atoms with Crippen LogP contribution in [0.15, 0.2) is 24.3 Å². The van der Waals surface area contributed by atoms with Crippen LogP contribution in [0.5, 0.6) is 0 Å². The number of carbonyl (C=O) groups excluding carboxylic acids is 2. The van der Waals surface area contributed by atoms with Crippen LogP contribution < -0.4 is 10.2 Å². The molecule has 0 aliphatic carbocycles. The zero-order valence-electron chi connectivity index (χ0n) is 11.3. The van der Waals surface area contributed by atoms with Crippen molar-refractivity contribution < 1.29 is 14.7 Å². The highest BCUT2D eigenvalue weighted by atomic mass is 16.3. The van der Waals surface area contributed by atoms with Crippen molar-refractivity contribution in [2.24, 2.45) is 0 Å². The summed E-state index contributed by atoms with van der Waals surface area (Å²) in [6, 6.07) is 7.23. The summed E-state index contributed by atoms with van der Waals surface area (Å²) < 4.78 is 0. The lowest BCUT2D eigenvalue weighted by Gasteiger charge is -2.41. The third kappa shape index (κ3) is 2.46. The number of nitrogens with zero attached hydrogens (tertiary/aromatic N) is 1. The lowest BCUT2D eigenvalue weighted by Crippen LogP contribution is -2.64. The highest BCUT2D eigenvalue weighted by molar-refractivity contribution is 6.06. The maximum atomic E-state index is 11.9. The monoisotopic (exact) mass is 262 g/mol. The molecule has 19 heavy (non-hydrogen) atoms. The van der Waals surface area contributed by atoms with Gasteiger partial charge in [0.2, 0.25) is 5.91 Å². The quantitative estimate of drug-likeness (QED) is 0.780. The summed E-state index contributed by atoms with van der Waals surface area (Å²) in [7, 11) is 0. The van der Waals surface area contributed by atoms with Gasteiger partial charge in [-0.05, 0) is 38.5 Å². The lowest BCUT2D eigenvalue weighted by molar-refractivity contribution is -0.135. The van der Waals surface area contributed by atoms with Gasteiger partial charge in [0.15, 0.2) is 0 Å². The molecule has 5 heteroatoms. The predicted octanol–water partition coefficient (Wildman–Crippen LogP) is 0.981. The second-order valence-electron chi connectivity index (χ2n) is 5.29. The van der Waals surface area contributed by atoms with E-state index < -0.39 is 11.6 Å². The molecule has 0 spiro atoms. The number of benzene rings is 1. The summed E-state index contributed by atoms with van der Waals surface area (Å²) in [4.78, 5) is 25.1. The lowest BCUT2D eigenvalue weighted by atomic mass is 9.97. The first-order valence-electron chi connectivity index (χ1n) is 6.22. The van der Waals surface area contributed by atoms with E-state index in [1.807, 2.05) is 12.1 Å². The van der Waals surface area contributed by atoms with Crippen molar-refractivity contribution in [3.05, 3.63) is 29.8 Å². The van der Waals surface area contributed by atoms with E-state index in [0.29, 0.717) is 0 Å². The SMILES string of the molecule is CC(O)c1ccc(N2CC(=O)NC(=O)C2(C)C)cc1. The first-order valence-corrected chi connectivity index (χ1v) is 6.22. The minimum atomic E-state index is -0.778. The molecule has 1 aliphatic rings. The largest absolute Gasteiger partial charge is 0.389 e. The molecular weight excluding hydrogens is 244 g/mol. The van der Waals surface area contributed by atoms with Crippen molar-refractivity contribution >= 4 is 17.5 Å². The van der Waals surface area contributed by atoms with Gasteiger partial charge in [0, 0.05) is 5.69 Å². The molecule has 1 aromatic rings. The van der Waals surface area contributed by atoms with E-state index in [2.05, 4.69) is 5.32 Å². The molecule has 1 aromatic carbocycles. The molecule has 2 N–H and O–H groups in total. The zero-order chi connectivity index (χ0) is 14.2. The first kappa shape index (κ1) is 13.5. The van der Waals surface area contributed by atoms with E-state index in [9.17, 15) is 14.7 Å². The van der Waals surface area contributed by atoms with Gasteiger partial charge >= 0.3 is 0 Å². The smallest absolute Gasteiger partial charge is 0.251 e. The average Bonchev–Trinajstić information content (AvgIpc) is 2.34. The highest BCUT2D eigenvalue weighted by Crippen LogP contribution is 2.27. The molecule has 0 bridgehead atoms. The van der Waals surface area contributed by atoms with E-state index in [0.717, 1.165) is 11.3 Å². The topological polar surface area (TPSA) is 69.6 Å². The number of amides is 2. The van der Waals surface area contributed by atoms with Crippen LogP contribution in [0.25, 0.3) is 0 Å². The van der Waals surface area contributed by atoms with Crippen molar-refractivity contribution in [1.29, 1.82) is 0 Å². The van der Waals surface area contributed by atoms with Crippen LogP contribution >= 0.6 is 0 Å². The number of aliphatic hydroxyl groups is 1. The van der Waals surface area contributed by atoms with Crippen molar-refractivity contribution in [3.8, 4) is 0 Å². The molecule has 1 aliphatic heterocycles. The Morgan fingerprint density at radius 1 is 1.26 bits per heavy atom. The Bertz CT molecular complexity index is 506. The maximum Gasteiger partial charge on any atom is 0.251 e. The minimum absolute atomic E-state index is 0.146. The van der Waals surface area contributed by atoms with Crippen molar-refractivity contribution in [2.75, 3.05) is 11.4 Å². The molecule has 1 unspecified atom stereocenters. The summed E-state index contributed by atoms with van der Waals surface area (Å²) in [5.41, 5.74) is 0.812. The van der Waals surface area contributed by atoms with E-state index in [1.54, 1.807) is 37.8 Å². The minimum Gasteiger partial charge on any atom is -0.389 e. The fourth-order valence-electron chi connectivity index (χ4n) is 2.13. The van der Waals surface area contributed by atoms with E-state index >= 15 is 0 Å². The first-order chi connectivity index (χ1) is 8.82. The molecule has 102 valence electrons. The van der Waals surface area contributed by atoms with Gasteiger partial charge in [0.25, 0.3) is 5.91 Å². The number of nitrogens with one attached hydrogen (secondary N) is 1. The number of carbonyl (C=O) groups is 2. The van der Waals surface area contributed by atoms with E-state index in [1.165, 1.54) is 0 Å². The summed E-state index contributed by atoms with van der Waals surface area (Å²) in [5, 5.41) is 11.8. The van der Waals surface area contributed by atoms with Crippen LogP contribution in [0.4, 0.5) is 5.69 Å². The molecule has 2 rings (SSSR count). The summed E-state index contributed by atoms with van der Waals surface area (Å²) in [6.45, 7) is 5.39. The van der Waals surface area contributed by atoms with Crippen molar-refractivity contribution in [2.45, 2.75) is 32.4 Å².